The van der Waals surface area contributed by atoms with E-state index in [1.54, 1.807) is 11.8 Å². The lowest BCUT2D eigenvalue weighted by Crippen LogP contribution is -2.42. The van der Waals surface area contributed by atoms with Crippen LogP contribution in [0.3, 0.4) is 0 Å². The lowest BCUT2D eigenvalue weighted by atomic mass is 10.2. The molecule has 164 valence electrons. The number of hydrogen-bond acceptors (Lipinski definition) is 9. The maximum Gasteiger partial charge on any atom is 0.332 e. The number of benzene rings is 1. The van der Waals surface area contributed by atoms with Gasteiger partial charge in [-0.05, 0) is 34.5 Å². The lowest BCUT2D eigenvalue weighted by molar-refractivity contribution is 0.102. The molecule has 0 spiro atoms. The number of hydrogen-bond donors (Lipinski definition) is 1. The second kappa shape index (κ2) is 9.60. The zero-order valence-electron chi connectivity index (χ0n) is 17.4. The average molecular weight is 446 g/mol. The number of tetrazole rings is 1. The van der Waals surface area contributed by atoms with Gasteiger partial charge in [0.25, 0.3) is 5.56 Å². The van der Waals surface area contributed by atoms with E-state index in [2.05, 4.69) is 15.5 Å². The highest BCUT2D eigenvalue weighted by atomic mass is 32.2. The lowest BCUT2D eigenvalue weighted by Gasteiger charge is -2.13. The van der Waals surface area contributed by atoms with Crippen molar-refractivity contribution in [2.24, 2.45) is 7.05 Å². The molecule has 0 aliphatic heterocycles. The summed E-state index contributed by atoms with van der Waals surface area (Å²) in [6.45, 7) is 2.59. The Morgan fingerprint density at radius 3 is 2.58 bits per heavy atom. The fourth-order valence-corrected chi connectivity index (χ4v) is 3.74. The highest BCUT2D eigenvalue weighted by Crippen LogP contribution is 2.19. The van der Waals surface area contributed by atoms with E-state index < -0.39 is 17.0 Å². The Morgan fingerprint density at radius 1 is 1.23 bits per heavy atom. The molecule has 0 saturated carbocycles. The molecule has 3 aromatic rings. The summed E-state index contributed by atoms with van der Waals surface area (Å²) in [5.41, 5.74) is 5.51. The normalized spacial score (nSPS) is 10.9. The first-order valence-electron chi connectivity index (χ1n) is 9.51. The van der Waals surface area contributed by atoms with Gasteiger partial charge in [0.15, 0.2) is 5.78 Å². The smallest absolute Gasteiger partial charge is 0.332 e. The quantitative estimate of drug-likeness (QED) is 0.369. The van der Waals surface area contributed by atoms with Gasteiger partial charge in [0.2, 0.25) is 5.16 Å². The van der Waals surface area contributed by atoms with Crippen LogP contribution in [0.4, 0.5) is 5.82 Å². The van der Waals surface area contributed by atoms with Crippen molar-refractivity contribution in [1.29, 1.82) is 0 Å². The number of nitrogen functional groups attached to an aromatic ring is 1. The van der Waals surface area contributed by atoms with Crippen LogP contribution in [-0.4, -0.2) is 48.0 Å². The molecule has 11 nitrogen and oxygen atoms in total. The number of nitrogens with two attached hydrogens (primary N) is 1. The van der Waals surface area contributed by atoms with Crippen LogP contribution in [-0.2, 0) is 20.1 Å². The van der Waals surface area contributed by atoms with E-state index in [1.807, 2.05) is 31.2 Å². The minimum atomic E-state index is -0.710. The van der Waals surface area contributed by atoms with Crippen molar-refractivity contribution in [1.82, 2.24) is 29.3 Å². The molecule has 0 aliphatic carbocycles. The number of aromatic nitrogens is 6. The summed E-state index contributed by atoms with van der Waals surface area (Å²) in [7, 11) is 2.92. The van der Waals surface area contributed by atoms with Gasteiger partial charge in [0, 0.05) is 13.6 Å². The maximum atomic E-state index is 12.8. The summed E-state index contributed by atoms with van der Waals surface area (Å²) in [6, 6.07) is 7.45. The first-order chi connectivity index (χ1) is 14.9. The van der Waals surface area contributed by atoms with Crippen molar-refractivity contribution in [3.63, 3.8) is 0 Å². The molecule has 0 unspecified atom stereocenters. The molecule has 0 amide bonds. The van der Waals surface area contributed by atoms with Crippen molar-refractivity contribution in [2.75, 3.05) is 18.6 Å². The van der Waals surface area contributed by atoms with E-state index in [4.69, 9.17) is 10.5 Å². The van der Waals surface area contributed by atoms with Crippen molar-refractivity contribution in [3.05, 3.63) is 56.2 Å². The Hall–Kier alpha value is -3.41. The Bertz CT molecular complexity index is 1200. The van der Waals surface area contributed by atoms with Crippen molar-refractivity contribution in [3.8, 4) is 5.75 Å². The number of thioether (sulfide) groups is 1. The van der Waals surface area contributed by atoms with Crippen LogP contribution in [0.2, 0.25) is 0 Å². The Kier molecular flexibility index (Phi) is 6.90. The summed E-state index contributed by atoms with van der Waals surface area (Å²) in [6.07, 6.45) is 0.630. The van der Waals surface area contributed by atoms with Gasteiger partial charge in [-0.3, -0.25) is 18.7 Å². The molecule has 0 atom stereocenters. The summed E-state index contributed by atoms with van der Waals surface area (Å²) in [4.78, 5) is 37.6. The number of rotatable bonds is 9. The Morgan fingerprint density at radius 2 is 1.94 bits per heavy atom. The zero-order valence-corrected chi connectivity index (χ0v) is 18.3. The van der Waals surface area contributed by atoms with Crippen LogP contribution in [0.15, 0.2) is 39.0 Å². The third-order valence-electron chi connectivity index (χ3n) is 4.63. The van der Waals surface area contributed by atoms with Crippen LogP contribution in [0.5, 0.6) is 5.75 Å². The van der Waals surface area contributed by atoms with Gasteiger partial charge in [-0.15, -0.1) is 5.10 Å². The summed E-state index contributed by atoms with van der Waals surface area (Å²) < 4.78 is 8.84. The van der Waals surface area contributed by atoms with Crippen LogP contribution < -0.4 is 21.7 Å². The molecular formula is C19H23N7O4S. The van der Waals surface area contributed by atoms with Crippen LogP contribution >= 0.6 is 11.8 Å². The van der Waals surface area contributed by atoms with E-state index in [0.29, 0.717) is 24.7 Å². The monoisotopic (exact) mass is 445 g/mol. The third kappa shape index (κ3) is 4.68. The van der Waals surface area contributed by atoms with Gasteiger partial charge in [-0.2, -0.15) is 0 Å². The Balaban J connectivity index is 1.79. The van der Waals surface area contributed by atoms with E-state index in [9.17, 15) is 14.4 Å². The molecule has 0 bridgehead atoms. The number of carbonyl (C=O) groups excluding carboxylic acids is 1. The fourth-order valence-electron chi connectivity index (χ4n) is 2.99. The van der Waals surface area contributed by atoms with E-state index in [0.717, 1.165) is 27.6 Å². The van der Waals surface area contributed by atoms with Crippen molar-refractivity contribution in [2.45, 2.75) is 31.6 Å². The van der Waals surface area contributed by atoms with Crippen LogP contribution in [0, 0.1) is 0 Å². The molecule has 1 aromatic carbocycles. The van der Waals surface area contributed by atoms with E-state index in [-0.39, 0.29) is 17.1 Å². The van der Waals surface area contributed by atoms with Gasteiger partial charge >= 0.3 is 5.69 Å². The standard InChI is InChI=1S/C19H23N7O4S/c1-4-9-25-16(20)15(17(28)24(2)19(25)29)14(27)11-31-18-21-22-23-26(18)10-12-5-7-13(30-3)8-6-12/h5-8H,4,9-11,20H2,1-3H3. The predicted molar refractivity (Wildman–Crippen MR) is 116 cm³/mol. The molecule has 12 heteroatoms. The van der Waals surface area contributed by atoms with E-state index in [1.165, 1.54) is 11.6 Å². The first kappa shape index (κ1) is 22.3. The van der Waals surface area contributed by atoms with Crippen molar-refractivity contribution < 1.29 is 9.53 Å². The first-order valence-corrected chi connectivity index (χ1v) is 10.5. The second-order valence-electron chi connectivity index (χ2n) is 6.74. The highest BCUT2D eigenvalue weighted by Gasteiger charge is 2.22. The zero-order chi connectivity index (χ0) is 22.5. The SMILES string of the molecule is CCCn1c(N)c(C(=O)CSc2nnnn2Cc2ccc(OC)cc2)c(=O)n(C)c1=O. The molecule has 0 radical (unpaired) electrons. The molecule has 2 N–H and O–H groups in total. The number of ketones is 1. The molecular weight excluding hydrogens is 422 g/mol. The van der Waals surface area contributed by atoms with E-state index >= 15 is 0 Å². The van der Waals surface area contributed by atoms with Crippen LogP contribution in [0.1, 0.15) is 29.3 Å². The van der Waals surface area contributed by atoms with Crippen LogP contribution in [0.25, 0.3) is 0 Å². The largest absolute Gasteiger partial charge is 0.497 e. The number of Topliss-reactive ketones (excluding diaryl/α,β-unsaturated/α-hetero) is 1. The van der Waals surface area contributed by atoms with Crippen molar-refractivity contribution >= 4 is 23.4 Å². The number of ether oxygens (including phenoxy) is 1. The summed E-state index contributed by atoms with van der Waals surface area (Å²) >= 11 is 1.09. The number of anilines is 1. The number of methoxy groups -OCH3 is 1. The number of nitrogens with zero attached hydrogens (tertiary/aromatic N) is 6. The fraction of sp³-hybridized carbons (Fsp3) is 0.368. The minimum absolute atomic E-state index is 0.104. The topological polar surface area (TPSA) is 140 Å². The second-order valence-corrected chi connectivity index (χ2v) is 7.68. The molecule has 2 aromatic heterocycles. The number of carbonyl (C=O) groups is 1. The highest BCUT2D eigenvalue weighted by molar-refractivity contribution is 7.99. The molecule has 0 fully saturated rings. The van der Waals surface area contributed by atoms with Gasteiger partial charge in [0.1, 0.15) is 17.1 Å². The summed E-state index contributed by atoms with van der Waals surface area (Å²) in [5.74, 6) is 0.0294. The molecule has 31 heavy (non-hydrogen) atoms. The molecule has 3 rings (SSSR count). The average Bonchev–Trinajstić information content (AvgIpc) is 3.21. The molecule has 0 saturated heterocycles. The predicted octanol–water partition coefficient (Wildman–Crippen LogP) is 0.558. The van der Waals surface area contributed by atoms with Gasteiger partial charge in [-0.25, -0.2) is 9.48 Å². The third-order valence-corrected chi connectivity index (χ3v) is 5.59. The van der Waals surface area contributed by atoms with Gasteiger partial charge in [0.05, 0.1) is 19.4 Å². The van der Waals surface area contributed by atoms with Gasteiger partial charge in [-0.1, -0.05) is 30.8 Å². The molecule has 2 heterocycles. The molecule has 0 aliphatic rings. The Labute approximate surface area is 181 Å². The maximum absolute atomic E-state index is 12.8. The summed E-state index contributed by atoms with van der Waals surface area (Å²) in [5, 5.41) is 12.0. The van der Waals surface area contributed by atoms with Gasteiger partial charge < -0.3 is 10.5 Å². The minimum Gasteiger partial charge on any atom is -0.497 e.